The Hall–Kier alpha value is -1.28. The summed E-state index contributed by atoms with van der Waals surface area (Å²) < 4.78 is 0. The van der Waals surface area contributed by atoms with Gasteiger partial charge in [0.2, 0.25) is 0 Å². The van der Waals surface area contributed by atoms with Crippen LogP contribution in [0.15, 0.2) is 23.8 Å². The van der Waals surface area contributed by atoms with Crippen molar-refractivity contribution in [3.63, 3.8) is 0 Å². The second-order valence-corrected chi connectivity index (χ2v) is 11.1. The van der Waals surface area contributed by atoms with Crippen molar-refractivity contribution in [3.8, 4) is 5.75 Å². The number of rotatable bonds is 4. The van der Waals surface area contributed by atoms with E-state index in [2.05, 4.69) is 74.5 Å². The van der Waals surface area contributed by atoms with Gasteiger partial charge in [-0.3, -0.25) is 0 Å². The van der Waals surface area contributed by atoms with Gasteiger partial charge >= 0.3 is 0 Å². The molecule has 1 aromatic rings. The number of aliphatic hydroxyl groups is 1. The predicted molar refractivity (Wildman–Crippen MR) is 120 cm³/mol. The molecule has 4 atom stereocenters. The van der Waals surface area contributed by atoms with Crippen molar-refractivity contribution in [2.45, 2.75) is 99.0 Å². The first kappa shape index (κ1) is 23.0. The van der Waals surface area contributed by atoms with Gasteiger partial charge in [-0.15, -0.1) is 0 Å². The zero-order chi connectivity index (χ0) is 21.4. The molecule has 1 aliphatic carbocycles. The Kier molecular flexibility index (Phi) is 6.76. The van der Waals surface area contributed by atoms with E-state index in [1.165, 1.54) is 11.1 Å². The lowest BCUT2D eigenvalue weighted by Crippen LogP contribution is -2.36. The zero-order valence-electron chi connectivity index (χ0n) is 19.6. The average Bonchev–Trinajstić information content (AvgIpc) is 2.51. The smallest absolute Gasteiger partial charge is 0.119 e. The van der Waals surface area contributed by atoms with E-state index in [-0.39, 0.29) is 22.9 Å². The summed E-state index contributed by atoms with van der Waals surface area (Å²) in [7, 11) is 0. The molecule has 0 amide bonds. The van der Waals surface area contributed by atoms with Gasteiger partial charge in [0.1, 0.15) is 5.75 Å². The number of phenols is 1. The van der Waals surface area contributed by atoms with Gasteiger partial charge in [0.15, 0.2) is 0 Å². The Bertz CT molecular complexity index is 715. The van der Waals surface area contributed by atoms with Gasteiger partial charge in [-0.2, -0.15) is 0 Å². The molecule has 0 radical (unpaired) electrons. The summed E-state index contributed by atoms with van der Waals surface area (Å²) >= 11 is 0. The second-order valence-electron chi connectivity index (χ2n) is 11.1. The lowest BCUT2D eigenvalue weighted by Gasteiger charge is -2.41. The summed E-state index contributed by atoms with van der Waals surface area (Å²) in [5, 5.41) is 21.3. The number of phenolic OH excluding ortho intramolecular Hbond substituents is 1. The fraction of sp³-hybridized carbons (Fsp3) is 0.692. The van der Waals surface area contributed by atoms with Crippen molar-refractivity contribution in [1.82, 2.24) is 0 Å². The molecule has 1 aliphatic rings. The Morgan fingerprint density at radius 2 is 1.71 bits per heavy atom. The summed E-state index contributed by atoms with van der Waals surface area (Å²) in [6.07, 6.45) is 5.16. The molecule has 2 heteroatoms. The minimum atomic E-state index is -0.271. The van der Waals surface area contributed by atoms with Crippen LogP contribution < -0.4 is 0 Å². The quantitative estimate of drug-likeness (QED) is 0.554. The largest absolute Gasteiger partial charge is 0.508 e. The van der Waals surface area contributed by atoms with Crippen molar-refractivity contribution in [3.05, 3.63) is 40.5 Å². The zero-order valence-corrected chi connectivity index (χ0v) is 19.6. The highest BCUT2D eigenvalue weighted by Crippen LogP contribution is 2.46. The van der Waals surface area contributed by atoms with Gasteiger partial charge in [0.25, 0.3) is 0 Å². The number of benzene rings is 1. The normalized spacial score (nSPS) is 24.8. The first-order valence-electron chi connectivity index (χ1n) is 11.0. The van der Waals surface area contributed by atoms with Crippen LogP contribution in [-0.4, -0.2) is 16.3 Å². The van der Waals surface area contributed by atoms with Crippen molar-refractivity contribution in [2.24, 2.45) is 17.3 Å². The van der Waals surface area contributed by atoms with Crippen LogP contribution in [0.2, 0.25) is 0 Å². The van der Waals surface area contributed by atoms with E-state index >= 15 is 0 Å². The molecule has 0 aromatic heterocycles. The van der Waals surface area contributed by atoms with Crippen LogP contribution >= 0.6 is 0 Å². The third-order valence-electron chi connectivity index (χ3n) is 6.50. The molecule has 2 nitrogen and oxygen atoms in total. The molecule has 2 rings (SSSR count). The molecular formula is C26H42O2. The van der Waals surface area contributed by atoms with E-state index in [4.69, 9.17) is 0 Å². The van der Waals surface area contributed by atoms with Gasteiger partial charge < -0.3 is 10.2 Å². The highest BCUT2D eigenvalue weighted by atomic mass is 16.3. The molecular weight excluding hydrogens is 344 g/mol. The number of allylic oxidation sites excluding steroid dienone is 1. The third kappa shape index (κ3) is 4.82. The van der Waals surface area contributed by atoms with Crippen LogP contribution in [0.1, 0.15) is 97.3 Å². The SMILES string of the molecule is CCCC(C1=CC(C(C)(C)C)C(O)CC1C)c1cc(C(C)(C)C)c(O)cc1C. The summed E-state index contributed by atoms with van der Waals surface area (Å²) in [4.78, 5) is 0. The Labute approximate surface area is 173 Å². The second kappa shape index (κ2) is 8.22. The summed E-state index contributed by atoms with van der Waals surface area (Å²) in [6, 6.07) is 4.19. The van der Waals surface area contributed by atoms with Crippen LogP contribution in [0.3, 0.4) is 0 Å². The standard InChI is InChI=1S/C26H42O2/c1-10-11-18(19-14-21(25(4,5)6)23(27)12-16(19)2)20-15-22(26(7,8)9)24(28)13-17(20)3/h12,14-15,17-18,22,24,27-28H,10-11,13H2,1-9H3. The van der Waals surface area contributed by atoms with Crippen molar-refractivity contribution in [2.75, 3.05) is 0 Å². The lowest BCUT2D eigenvalue weighted by molar-refractivity contribution is 0.0462. The lowest BCUT2D eigenvalue weighted by atomic mass is 9.66. The fourth-order valence-corrected chi connectivity index (χ4v) is 4.89. The topological polar surface area (TPSA) is 40.5 Å². The molecule has 2 N–H and O–H groups in total. The van der Waals surface area contributed by atoms with Crippen molar-refractivity contribution < 1.29 is 10.2 Å². The fourth-order valence-electron chi connectivity index (χ4n) is 4.89. The molecule has 0 heterocycles. The van der Waals surface area contributed by atoms with Gasteiger partial charge in [-0.05, 0) is 59.3 Å². The first-order valence-corrected chi connectivity index (χ1v) is 11.0. The number of aromatic hydroxyl groups is 1. The van der Waals surface area contributed by atoms with Crippen LogP contribution in [0, 0.1) is 24.2 Å². The van der Waals surface area contributed by atoms with E-state index in [9.17, 15) is 10.2 Å². The molecule has 0 aliphatic heterocycles. The third-order valence-corrected chi connectivity index (χ3v) is 6.50. The molecule has 28 heavy (non-hydrogen) atoms. The molecule has 0 bridgehead atoms. The Morgan fingerprint density at radius 3 is 2.21 bits per heavy atom. The van der Waals surface area contributed by atoms with Crippen molar-refractivity contribution in [1.29, 1.82) is 0 Å². The first-order chi connectivity index (χ1) is 12.8. The minimum absolute atomic E-state index is 0.0438. The van der Waals surface area contributed by atoms with E-state index in [0.29, 0.717) is 17.6 Å². The molecule has 4 unspecified atom stereocenters. The molecule has 0 spiro atoms. The van der Waals surface area contributed by atoms with Gasteiger partial charge in [-0.25, -0.2) is 0 Å². The number of aryl methyl sites for hydroxylation is 1. The van der Waals surface area contributed by atoms with Gasteiger partial charge in [-0.1, -0.05) is 79.5 Å². The van der Waals surface area contributed by atoms with Crippen LogP contribution in [0.5, 0.6) is 5.75 Å². The van der Waals surface area contributed by atoms with Crippen LogP contribution in [0.4, 0.5) is 0 Å². The highest BCUT2D eigenvalue weighted by Gasteiger charge is 2.37. The highest BCUT2D eigenvalue weighted by molar-refractivity contribution is 5.48. The maximum Gasteiger partial charge on any atom is 0.119 e. The Morgan fingerprint density at radius 1 is 1.11 bits per heavy atom. The molecule has 158 valence electrons. The maximum absolute atomic E-state index is 10.7. The van der Waals surface area contributed by atoms with E-state index in [1.54, 1.807) is 0 Å². The Balaban J connectivity index is 2.62. The molecule has 0 saturated carbocycles. The van der Waals surface area contributed by atoms with E-state index < -0.39 is 0 Å². The van der Waals surface area contributed by atoms with Gasteiger partial charge in [0.05, 0.1) is 6.10 Å². The average molecular weight is 387 g/mol. The molecule has 0 fully saturated rings. The summed E-state index contributed by atoms with van der Waals surface area (Å²) in [5.41, 5.74) is 4.94. The van der Waals surface area contributed by atoms with Crippen molar-refractivity contribution >= 4 is 0 Å². The summed E-state index contributed by atoms with van der Waals surface area (Å²) in [5.74, 6) is 1.30. The number of hydrogen-bond donors (Lipinski definition) is 2. The van der Waals surface area contributed by atoms with Crippen LogP contribution in [-0.2, 0) is 5.41 Å². The summed E-state index contributed by atoms with van der Waals surface area (Å²) in [6.45, 7) is 19.8. The predicted octanol–water partition coefficient (Wildman–Crippen LogP) is 6.87. The maximum atomic E-state index is 10.7. The van der Waals surface area contributed by atoms with E-state index in [0.717, 1.165) is 30.4 Å². The van der Waals surface area contributed by atoms with Crippen LogP contribution in [0.25, 0.3) is 0 Å². The molecule has 1 aromatic carbocycles. The minimum Gasteiger partial charge on any atom is -0.508 e. The molecule has 0 saturated heterocycles. The van der Waals surface area contributed by atoms with Gasteiger partial charge in [0, 0.05) is 11.8 Å². The number of hydrogen-bond acceptors (Lipinski definition) is 2. The monoisotopic (exact) mass is 386 g/mol. The number of aliphatic hydroxyl groups excluding tert-OH is 1. The van der Waals surface area contributed by atoms with E-state index in [1.807, 2.05) is 6.07 Å².